The van der Waals surface area contributed by atoms with Crippen molar-refractivity contribution < 1.29 is 4.79 Å². The number of nitriles is 1. The number of likely N-dealkylation sites (tertiary alicyclic amines) is 1. The molecular formula is C17H23N3O2. The van der Waals surface area contributed by atoms with Crippen molar-refractivity contribution in [3.05, 3.63) is 32.7 Å². The van der Waals surface area contributed by atoms with Gasteiger partial charge in [0.2, 0.25) is 5.91 Å². The highest BCUT2D eigenvalue weighted by molar-refractivity contribution is 5.76. The number of rotatable bonds is 3. The van der Waals surface area contributed by atoms with Crippen molar-refractivity contribution in [3.8, 4) is 6.07 Å². The molecule has 1 saturated heterocycles. The molecule has 1 aliphatic rings. The number of pyridine rings is 1. The van der Waals surface area contributed by atoms with E-state index in [0.717, 1.165) is 37.2 Å². The normalized spacial score (nSPS) is 15.6. The number of carbonyl (C=O) groups is 1. The maximum Gasteiger partial charge on any atom is 0.266 e. The summed E-state index contributed by atoms with van der Waals surface area (Å²) in [5, 5.41) is 9.08. The molecular weight excluding hydrogens is 278 g/mol. The third-order valence-corrected chi connectivity index (χ3v) is 4.65. The molecule has 1 fully saturated rings. The average Bonchev–Trinajstić information content (AvgIpc) is 2.47. The van der Waals surface area contributed by atoms with Crippen LogP contribution >= 0.6 is 0 Å². The number of nitrogens with zero attached hydrogens (tertiary/aromatic N) is 2. The quantitative estimate of drug-likeness (QED) is 0.928. The molecule has 118 valence electrons. The Labute approximate surface area is 130 Å². The highest BCUT2D eigenvalue weighted by Gasteiger charge is 2.21. The molecule has 0 spiro atoms. The summed E-state index contributed by atoms with van der Waals surface area (Å²) in [5.74, 6) is 0.862. The SMILES string of the molecule is Cc1[nH]c(=O)c(C#N)c(C)c1CCC(=O)N1CCC(C)CC1. The molecule has 22 heavy (non-hydrogen) atoms. The van der Waals surface area contributed by atoms with E-state index in [9.17, 15) is 9.59 Å². The third-order valence-electron chi connectivity index (χ3n) is 4.65. The molecule has 2 rings (SSSR count). The standard InChI is InChI=1S/C17H23N3O2/c1-11-6-8-20(9-7-11)16(21)5-4-14-12(2)15(10-18)17(22)19-13(14)3/h11H,4-9H2,1-3H3,(H,19,22). The molecule has 0 aliphatic carbocycles. The van der Waals surface area contributed by atoms with E-state index in [1.807, 2.05) is 17.9 Å². The zero-order chi connectivity index (χ0) is 16.3. The predicted molar refractivity (Wildman–Crippen MR) is 84.6 cm³/mol. The van der Waals surface area contributed by atoms with Crippen LogP contribution in [-0.2, 0) is 11.2 Å². The van der Waals surface area contributed by atoms with Gasteiger partial charge in [-0.2, -0.15) is 5.26 Å². The lowest BCUT2D eigenvalue weighted by Crippen LogP contribution is -2.38. The van der Waals surface area contributed by atoms with Gasteiger partial charge in [0.15, 0.2) is 0 Å². The Balaban J connectivity index is 2.07. The van der Waals surface area contributed by atoms with Gasteiger partial charge >= 0.3 is 0 Å². The maximum atomic E-state index is 12.3. The zero-order valence-corrected chi connectivity index (χ0v) is 13.5. The fourth-order valence-corrected chi connectivity index (χ4v) is 3.07. The Morgan fingerprint density at radius 1 is 1.36 bits per heavy atom. The summed E-state index contributed by atoms with van der Waals surface area (Å²) in [6.45, 7) is 7.50. The van der Waals surface area contributed by atoms with Crippen LogP contribution < -0.4 is 5.56 Å². The number of hydrogen-bond acceptors (Lipinski definition) is 3. The fraction of sp³-hybridized carbons (Fsp3) is 0.588. The summed E-state index contributed by atoms with van der Waals surface area (Å²) >= 11 is 0. The lowest BCUT2D eigenvalue weighted by molar-refractivity contribution is -0.132. The van der Waals surface area contributed by atoms with Gasteiger partial charge in [0.1, 0.15) is 11.6 Å². The number of aryl methyl sites for hydroxylation is 1. The van der Waals surface area contributed by atoms with E-state index in [2.05, 4.69) is 11.9 Å². The second kappa shape index (κ2) is 6.78. The second-order valence-electron chi connectivity index (χ2n) is 6.23. The molecule has 1 aliphatic heterocycles. The van der Waals surface area contributed by atoms with Gasteiger partial charge in [-0.05, 0) is 50.2 Å². The smallest absolute Gasteiger partial charge is 0.266 e. The van der Waals surface area contributed by atoms with E-state index in [1.165, 1.54) is 0 Å². The number of piperidine rings is 1. The number of aromatic amines is 1. The number of hydrogen-bond donors (Lipinski definition) is 1. The number of carbonyl (C=O) groups excluding carboxylic acids is 1. The number of amides is 1. The van der Waals surface area contributed by atoms with E-state index in [0.29, 0.717) is 24.3 Å². The number of nitrogens with one attached hydrogen (secondary N) is 1. The Morgan fingerprint density at radius 3 is 2.59 bits per heavy atom. The van der Waals surface area contributed by atoms with Gasteiger partial charge < -0.3 is 9.88 Å². The zero-order valence-electron chi connectivity index (χ0n) is 13.5. The molecule has 0 saturated carbocycles. The largest absolute Gasteiger partial charge is 0.343 e. The van der Waals surface area contributed by atoms with Crippen molar-refractivity contribution in [2.75, 3.05) is 13.1 Å². The lowest BCUT2D eigenvalue weighted by Gasteiger charge is -2.30. The molecule has 1 aromatic heterocycles. The number of H-pyrrole nitrogens is 1. The molecule has 0 unspecified atom stereocenters. The van der Waals surface area contributed by atoms with Crippen molar-refractivity contribution in [2.24, 2.45) is 5.92 Å². The molecule has 5 heteroatoms. The summed E-state index contributed by atoms with van der Waals surface area (Å²) in [6.07, 6.45) is 3.13. The summed E-state index contributed by atoms with van der Waals surface area (Å²) in [5.41, 5.74) is 2.16. The van der Waals surface area contributed by atoms with E-state index in [-0.39, 0.29) is 17.0 Å². The molecule has 5 nitrogen and oxygen atoms in total. The summed E-state index contributed by atoms with van der Waals surface area (Å²) in [6, 6.07) is 1.95. The topological polar surface area (TPSA) is 77.0 Å². The summed E-state index contributed by atoms with van der Waals surface area (Å²) in [4.78, 5) is 28.7. The molecule has 0 bridgehead atoms. The monoisotopic (exact) mass is 301 g/mol. The van der Waals surface area contributed by atoms with Gasteiger partial charge in [0.25, 0.3) is 5.56 Å². The first kappa shape index (κ1) is 16.3. The minimum absolute atomic E-state index is 0.153. The van der Waals surface area contributed by atoms with Crippen molar-refractivity contribution >= 4 is 5.91 Å². The van der Waals surface area contributed by atoms with E-state index in [4.69, 9.17) is 5.26 Å². The van der Waals surface area contributed by atoms with Gasteiger partial charge in [-0.1, -0.05) is 6.92 Å². The van der Waals surface area contributed by atoms with E-state index in [1.54, 1.807) is 6.92 Å². The minimum Gasteiger partial charge on any atom is -0.343 e. The van der Waals surface area contributed by atoms with Gasteiger partial charge in [0.05, 0.1) is 0 Å². The highest BCUT2D eigenvalue weighted by Crippen LogP contribution is 2.19. The van der Waals surface area contributed by atoms with E-state index >= 15 is 0 Å². The Kier molecular flexibility index (Phi) is 5.02. The van der Waals surface area contributed by atoms with Gasteiger partial charge in [-0.15, -0.1) is 0 Å². The van der Waals surface area contributed by atoms with Crippen LogP contribution in [-0.4, -0.2) is 28.9 Å². The van der Waals surface area contributed by atoms with Crippen molar-refractivity contribution in [1.29, 1.82) is 5.26 Å². The van der Waals surface area contributed by atoms with Crippen molar-refractivity contribution in [3.63, 3.8) is 0 Å². The van der Waals surface area contributed by atoms with Crippen LogP contribution in [0.5, 0.6) is 0 Å². The molecule has 0 radical (unpaired) electrons. The minimum atomic E-state index is -0.349. The van der Waals surface area contributed by atoms with Crippen LogP contribution in [0.4, 0.5) is 0 Å². The molecule has 0 atom stereocenters. The molecule has 2 heterocycles. The highest BCUT2D eigenvalue weighted by atomic mass is 16.2. The molecule has 0 aromatic carbocycles. The Hall–Kier alpha value is -2.09. The van der Waals surface area contributed by atoms with E-state index < -0.39 is 0 Å². The average molecular weight is 301 g/mol. The predicted octanol–water partition coefficient (Wildman–Crippen LogP) is 2.05. The van der Waals surface area contributed by atoms with Crippen LogP contribution in [0.15, 0.2) is 4.79 Å². The van der Waals surface area contributed by atoms with Crippen molar-refractivity contribution in [2.45, 2.75) is 46.5 Å². The van der Waals surface area contributed by atoms with Crippen LogP contribution in [0.1, 0.15) is 48.6 Å². The van der Waals surface area contributed by atoms with Gasteiger partial charge in [0, 0.05) is 25.2 Å². The first-order chi connectivity index (χ1) is 10.4. The molecule has 1 N–H and O–H groups in total. The Morgan fingerprint density at radius 2 is 2.00 bits per heavy atom. The van der Waals surface area contributed by atoms with Crippen LogP contribution in [0, 0.1) is 31.1 Å². The second-order valence-corrected chi connectivity index (χ2v) is 6.23. The maximum absolute atomic E-state index is 12.3. The first-order valence-electron chi connectivity index (χ1n) is 7.84. The van der Waals surface area contributed by atoms with Crippen LogP contribution in [0.2, 0.25) is 0 Å². The number of aromatic nitrogens is 1. The summed E-state index contributed by atoms with van der Waals surface area (Å²) in [7, 11) is 0. The first-order valence-corrected chi connectivity index (χ1v) is 7.84. The van der Waals surface area contributed by atoms with Gasteiger partial charge in [-0.25, -0.2) is 0 Å². The lowest BCUT2D eigenvalue weighted by atomic mass is 9.97. The van der Waals surface area contributed by atoms with Crippen molar-refractivity contribution in [1.82, 2.24) is 9.88 Å². The molecule has 1 amide bonds. The summed E-state index contributed by atoms with van der Waals surface area (Å²) < 4.78 is 0. The molecule has 1 aromatic rings. The Bertz CT molecular complexity index is 662. The fourth-order valence-electron chi connectivity index (χ4n) is 3.07. The van der Waals surface area contributed by atoms with Crippen LogP contribution in [0.3, 0.4) is 0 Å². The van der Waals surface area contributed by atoms with Crippen LogP contribution in [0.25, 0.3) is 0 Å². The van der Waals surface area contributed by atoms with Gasteiger partial charge in [-0.3, -0.25) is 9.59 Å². The third kappa shape index (κ3) is 3.38.